The predicted molar refractivity (Wildman–Crippen MR) is 80.0 cm³/mol. The molecule has 2 unspecified atom stereocenters. The average molecular weight is 291 g/mol. The van der Waals surface area contributed by atoms with Crippen LogP contribution in [0.25, 0.3) is 0 Å². The normalized spacial score (nSPS) is 19.2. The molecule has 4 N–H and O–H groups in total. The van der Waals surface area contributed by atoms with Gasteiger partial charge in [0.15, 0.2) is 0 Å². The van der Waals surface area contributed by atoms with Crippen molar-refractivity contribution in [3.63, 3.8) is 0 Å². The third kappa shape index (κ3) is 3.77. The molecule has 1 aliphatic heterocycles. The number of hydrogen-bond acceptors (Lipinski definition) is 3. The summed E-state index contributed by atoms with van der Waals surface area (Å²) in [5.74, 6) is -0.823. The van der Waals surface area contributed by atoms with Crippen LogP contribution in [-0.2, 0) is 16.0 Å². The summed E-state index contributed by atoms with van der Waals surface area (Å²) in [5.41, 5.74) is 6.68. The summed E-state index contributed by atoms with van der Waals surface area (Å²) in [7, 11) is 0. The number of rotatable bonds is 5. The van der Waals surface area contributed by atoms with Gasteiger partial charge in [0.25, 0.3) is 0 Å². The van der Waals surface area contributed by atoms with Gasteiger partial charge < -0.3 is 16.4 Å². The maximum Gasteiger partial charge on any atom is 0.230 e. The van der Waals surface area contributed by atoms with Crippen molar-refractivity contribution in [1.29, 1.82) is 0 Å². The molecule has 1 saturated heterocycles. The second-order valence-electron chi connectivity index (χ2n) is 4.86. The Kier molecular flexibility index (Phi) is 4.68. The third-order valence-corrected chi connectivity index (χ3v) is 3.55. The van der Waals surface area contributed by atoms with Crippen LogP contribution in [0.3, 0.4) is 0 Å². The van der Waals surface area contributed by atoms with Crippen LogP contribution in [0.4, 0.5) is 0 Å². The first-order chi connectivity index (χ1) is 9.56. The minimum Gasteiger partial charge on any atom is -0.393 e. The van der Waals surface area contributed by atoms with E-state index in [1.165, 1.54) is 0 Å². The van der Waals surface area contributed by atoms with Crippen molar-refractivity contribution in [2.75, 3.05) is 6.54 Å². The first-order valence-corrected chi connectivity index (χ1v) is 6.87. The molecule has 2 amide bonds. The van der Waals surface area contributed by atoms with E-state index >= 15 is 0 Å². The predicted octanol–water partition coefficient (Wildman–Crippen LogP) is 0.136. The Morgan fingerprint density at radius 2 is 2.15 bits per heavy atom. The van der Waals surface area contributed by atoms with Gasteiger partial charge in [0.05, 0.1) is 16.9 Å². The molecule has 0 spiro atoms. The van der Waals surface area contributed by atoms with Crippen molar-refractivity contribution in [1.82, 2.24) is 10.6 Å². The molecular weight excluding hydrogens is 274 g/mol. The van der Waals surface area contributed by atoms with Crippen LogP contribution in [0.1, 0.15) is 12.0 Å². The first kappa shape index (κ1) is 14.5. The molecule has 2 rings (SSSR count). The molecule has 5 nitrogen and oxygen atoms in total. The number of carbonyl (C=O) groups is 2. The van der Waals surface area contributed by atoms with Crippen LogP contribution >= 0.6 is 12.2 Å². The van der Waals surface area contributed by atoms with E-state index in [2.05, 4.69) is 10.6 Å². The molecule has 1 heterocycles. The Labute approximate surface area is 122 Å². The molecule has 20 heavy (non-hydrogen) atoms. The molecule has 0 saturated carbocycles. The van der Waals surface area contributed by atoms with Gasteiger partial charge in [-0.15, -0.1) is 0 Å². The molecule has 0 radical (unpaired) electrons. The van der Waals surface area contributed by atoms with Crippen molar-refractivity contribution in [3.05, 3.63) is 35.9 Å². The van der Waals surface area contributed by atoms with Crippen LogP contribution in [0, 0.1) is 5.92 Å². The highest BCUT2D eigenvalue weighted by Gasteiger charge is 2.28. The van der Waals surface area contributed by atoms with E-state index in [1.807, 2.05) is 30.3 Å². The van der Waals surface area contributed by atoms with Gasteiger partial charge in [0.1, 0.15) is 0 Å². The average Bonchev–Trinajstić information content (AvgIpc) is 2.82. The van der Waals surface area contributed by atoms with E-state index in [9.17, 15) is 9.59 Å². The minimum absolute atomic E-state index is 0.0507. The molecule has 1 aromatic rings. The Morgan fingerprint density at radius 1 is 1.45 bits per heavy atom. The Bertz CT molecular complexity index is 518. The lowest BCUT2D eigenvalue weighted by Gasteiger charge is -2.18. The van der Waals surface area contributed by atoms with E-state index in [0.29, 0.717) is 19.4 Å². The van der Waals surface area contributed by atoms with E-state index in [-0.39, 0.29) is 22.8 Å². The maximum absolute atomic E-state index is 12.2. The summed E-state index contributed by atoms with van der Waals surface area (Å²) in [6, 6.07) is 9.41. The third-order valence-electron chi connectivity index (χ3n) is 3.27. The number of nitrogens with two attached hydrogens (primary N) is 1. The molecule has 6 heteroatoms. The van der Waals surface area contributed by atoms with Crippen molar-refractivity contribution in [3.8, 4) is 0 Å². The molecule has 0 bridgehead atoms. The lowest BCUT2D eigenvalue weighted by Crippen LogP contribution is -2.44. The maximum atomic E-state index is 12.2. The summed E-state index contributed by atoms with van der Waals surface area (Å²) in [6.07, 6.45) is 0.775. The van der Waals surface area contributed by atoms with Crippen molar-refractivity contribution < 1.29 is 9.59 Å². The lowest BCUT2D eigenvalue weighted by molar-refractivity contribution is -0.123. The fourth-order valence-electron chi connectivity index (χ4n) is 2.18. The first-order valence-electron chi connectivity index (χ1n) is 6.46. The zero-order chi connectivity index (χ0) is 14.5. The van der Waals surface area contributed by atoms with Crippen LogP contribution in [0.2, 0.25) is 0 Å². The van der Waals surface area contributed by atoms with E-state index < -0.39 is 5.92 Å². The monoisotopic (exact) mass is 291 g/mol. The number of hydrogen-bond donors (Lipinski definition) is 3. The van der Waals surface area contributed by atoms with Gasteiger partial charge in [0.2, 0.25) is 11.8 Å². The second kappa shape index (κ2) is 6.47. The van der Waals surface area contributed by atoms with Gasteiger partial charge in [-0.25, -0.2) is 0 Å². The van der Waals surface area contributed by atoms with Gasteiger partial charge in [0, 0.05) is 13.0 Å². The highest BCUT2D eigenvalue weighted by Crippen LogP contribution is 2.11. The SMILES string of the molecule is NC(=S)C(Cc1ccccc1)C(=O)NC1CNC(=O)C1. The van der Waals surface area contributed by atoms with Gasteiger partial charge in [-0.2, -0.15) is 0 Å². The highest BCUT2D eigenvalue weighted by atomic mass is 32.1. The number of nitrogens with one attached hydrogen (secondary N) is 2. The standard InChI is InChI=1S/C14H17N3O2S/c15-13(20)11(6-9-4-2-1-3-5-9)14(19)17-10-7-12(18)16-8-10/h1-5,10-11H,6-8H2,(H2,15,20)(H,16,18)(H,17,19). The Balaban J connectivity index is 1.99. The topological polar surface area (TPSA) is 84.2 Å². The summed E-state index contributed by atoms with van der Waals surface area (Å²) < 4.78 is 0. The zero-order valence-electron chi connectivity index (χ0n) is 11.0. The molecule has 0 aromatic heterocycles. The fraction of sp³-hybridized carbons (Fsp3) is 0.357. The van der Waals surface area contributed by atoms with Crippen LogP contribution in [-0.4, -0.2) is 29.4 Å². The lowest BCUT2D eigenvalue weighted by atomic mass is 9.98. The molecule has 0 aliphatic carbocycles. The summed E-state index contributed by atoms with van der Waals surface area (Å²) in [6.45, 7) is 0.458. The van der Waals surface area contributed by atoms with E-state index in [1.54, 1.807) is 0 Å². The molecule has 1 aliphatic rings. The largest absolute Gasteiger partial charge is 0.393 e. The van der Waals surface area contributed by atoms with Crippen LogP contribution in [0.15, 0.2) is 30.3 Å². The van der Waals surface area contributed by atoms with Crippen molar-refractivity contribution in [2.24, 2.45) is 11.7 Å². The van der Waals surface area contributed by atoms with Crippen molar-refractivity contribution >= 4 is 29.0 Å². The molecule has 2 atom stereocenters. The number of thiocarbonyl (C=S) groups is 1. The van der Waals surface area contributed by atoms with Gasteiger partial charge in [-0.05, 0) is 12.0 Å². The quantitative estimate of drug-likeness (QED) is 0.674. The number of benzene rings is 1. The fourth-order valence-corrected chi connectivity index (χ4v) is 2.37. The summed E-state index contributed by atoms with van der Waals surface area (Å²) in [5, 5.41) is 5.50. The highest BCUT2D eigenvalue weighted by molar-refractivity contribution is 7.80. The number of carbonyl (C=O) groups excluding carboxylic acids is 2. The molecule has 1 aromatic carbocycles. The number of amides is 2. The summed E-state index contributed by atoms with van der Waals surface area (Å²) >= 11 is 4.99. The van der Waals surface area contributed by atoms with Crippen molar-refractivity contribution in [2.45, 2.75) is 18.9 Å². The van der Waals surface area contributed by atoms with E-state index in [0.717, 1.165) is 5.56 Å². The zero-order valence-corrected chi connectivity index (χ0v) is 11.8. The Hall–Kier alpha value is -1.95. The second-order valence-corrected chi connectivity index (χ2v) is 5.33. The van der Waals surface area contributed by atoms with Gasteiger partial charge in [-0.1, -0.05) is 42.5 Å². The Morgan fingerprint density at radius 3 is 2.70 bits per heavy atom. The van der Waals surface area contributed by atoms with Crippen LogP contribution in [0.5, 0.6) is 0 Å². The molecular formula is C14H17N3O2S. The van der Waals surface area contributed by atoms with E-state index in [4.69, 9.17) is 18.0 Å². The summed E-state index contributed by atoms with van der Waals surface area (Å²) in [4.78, 5) is 23.5. The van der Waals surface area contributed by atoms with Gasteiger partial charge >= 0.3 is 0 Å². The minimum atomic E-state index is -0.553. The van der Waals surface area contributed by atoms with Gasteiger partial charge in [-0.3, -0.25) is 9.59 Å². The molecule has 1 fully saturated rings. The smallest absolute Gasteiger partial charge is 0.230 e. The van der Waals surface area contributed by atoms with Crippen LogP contribution < -0.4 is 16.4 Å². The molecule has 106 valence electrons.